The van der Waals surface area contributed by atoms with Crippen molar-refractivity contribution in [3.63, 3.8) is 0 Å². The van der Waals surface area contributed by atoms with E-state index in [4.69, 9.17) is 0 Å². The van der Waals surface area contributed by atoms with Gasteiger partial charge in [0.15, 0.2) is 0 Å². The van der Waals surface area contributed by atoms with Crippen LogP contribution in [0.4, 0.5) is 0 Å². The maximum Gasteiger partial charge on any atom is 0.0529 e. The van der Waals surface area contributed by atoms with Gasteiger partial charge in [-0.2, -0.15) is 0 Å². The molecule has 0 aliphatic rings. The molecule has 0 aliphatic heterocycles. The number of hydrogen-bond acceptors (Lipinski definition) is 4. The van der Waals surface area contributed by atoms with Crippen molar-refractivity contribution in [2.45, 2.75) is 0 Å². The van der Waals surface area contributed by atoms with Crippen molar-refractivity contribution < 1.29 is 0 Å². The zero-order chi connectivity index (χ0) is 14.2. The average Bonchev–Trinajstić information content (AvgIpc) is 3.25. The summed E-state index contributed by atoms with van der Waals surface area (Å²) in [7, 11) is 0. The summed E-state index contributed by atoms with van der Waals surface area (Å²) in [4.78, 5) is 5.41. The Morgan fingerprint density at radius 2 is 1.29 bits per heavy atom. The molecule has 0 bridgehead atoms. The quantitative estimate of drug-likeness (QED) is 0.325. The third-order valence-corrected chi connectivity index (χ3v) is 7.96. The van der Waals surface area contributed by atoms with Crippen molar-refractivity contribution in [2.24, 2.45) is 0 Å². The molecule has 0 amide bonds. The molecule has 21 heavy (non-hydrogen) atoms. The van der Waals surface area contributed by atoms with Crippen LogP contribution in [-0.4, -0.2) is 0 Å². The lowest BCUT2D eigenvalue weighted by Crippen LogP contribution is -1.76. The summed E-state index contributed by atoms with van der Waals surface area (Å²) in [5.74, 6) is 0. The highest BCUT2D eigenvalue weighted by Gasteiger charge is 2.17. The second kappa shape index (κ2) is 5.82. The largest absolute Gasteiger partial charge is 0.143 e. The maximum absolute atomic E-state index is 3.66. The van der Waals surface area contributed by atoms with Gasteiger partial charge in [0.05, 0.1) is 4.88 Å². The van der Waals surface area contributed by atoms with E-state index in [1.807, 2.05) is 22.7 Å². The first-order valence-electron chi connectivity index (χ1n) is 6.27. The van der Waals surface area contributed by atoms with E-state index in [0.717, 1.165) is 0 Å². The second-order valence-electron chi connectivity index (χ2n) is 4.40. The molecule has 0 nitrogen and oxygen atoms in total. The standard InChI is InChI=1S/C16H9BrS4/c17-12-5-9-20-15(12)10-3-7-19-14(10)11-4-8-21-16(11)13-2-1-6-18-13/h1-9H. The number of halogens is 1. The molecule has 0 unspecified atom stereocenters. The van der Waals surface area contributed by atoms with Gasteiger partial charge in [0.2, 0.25) is 0 Å². The van der Waals surface area contributed by atoms with Crippen molar-refractivity contribution in [3.05, 3.63) is 56.3 Å². The molecule has 0 saturated carbocycles. The Balaban J connectivity index is 1.89. The topological polar surface area (TPSA) is 0 Å². The Morgan fingerprint density at radius 1 is 0.619 bits per heavy atom. The minimum absolute atomic E-state index is 1.18. The third-order valence-electron chi connectivity index (χ3n) is 3.18. The van der Waals surface area contributed by atoms with Crippen molar-refractivity contribution in [1.29, 1.82) is 0 Å². The Bertz CT molecular complexity index is 864. The van der Waals surface area contributed by atoms with Crippen LogP contribution in [0.15, 0.2) is 56.3 Å². The van der Waals surface area contributed by atoms with Crippen LogP contribution in [0.3, 0.4) is 0 Å². The fourth-order valence-corrected chi connectivity index (χ4v) is 6.74. The molecule has 4 aromatic rings. The average molecular weight is 409 g/mol. The van der Waals surface area contributed by atoms with Crippen molar-refractivity contribution in [2.75, 3.05) is 0 Å². The molecule has 0 aromatic carbocycles. The van der Waals surface area contributed by atoms with Gasteiger partial charge in [-0.05, 0) is 61.7 Å². The highest BCUT2D eigenvalue weighted by atomic mass is 79.9. The lowest BCUT2D eigenvalue weighted by Gasteiger charge is -2.04. The minimum Gasteiger partial charge on any atom is -0.143 e. The zero-order valence-corrected chi connectivity index (χ0v) is 15.6. The van der Waals surface area contributed by atoms with Crippen LogP contribution in [0, 0.1) is 0 Å². The molecule has 0 fully saturated rings. The summed E-state index contributed by atoms with van der Waals surface area (Å²) < 4.78 is 1.18. The number of rotatable bonds is 3. The Labute approximate surface area is 147 Å². The SMILES string of the molecule is Brc1ccsc1-c1ccsc1-c1ccsc1-c1cccs1. The monoisotopic (exact) mass is 408 g/mol. The molecule has 4 heterocycles. The Morgan fingerprint density at radius 3 is 1.95 bits per heavy atom. The minimum atomic E-state index is 1.18. The van der Waals surface area contributed by atoms with Gasteiger partial charge in [-0.3, -0.25) is 0 Å². The van der Waals surface area contributed by atoms with E-state index in [-0.39, 0.29) is 0 Å². The second-order valence-corrected chi connectivity index (χ2v) is 8.95. The lowest BCUT2D eigenvalue weighted by atomic mass is 10.1. The van der Waals surface area contributed by atoms with Crippen LogP contribution in [0.5, 0.6) is 0 Å². The Kier molecular flexibility index (Phi) is 3.85. The first kappa shape index (κ1) is 13.9. The van der Waals surface area contributed by atoms with Gasteiger partial charge >= 0.3 is 0 Å². The van der Waals surface area contributed by atoms with E-state index in [1.165, 1.54) is 35.1 Å². The summed E-state index contributed by atoms with van der Waals surface area (Å²) in [6.07, 6.45) is 0. The smallest absolute Gasteiger partial charge is 0.0529 e. The predicted molar refractivity (Wildman–Crippen MR) is 102 cm³/mol. The molecule has 0 atom stereocenters. The molecular weight excluding hydrogens is 400 g/mol. The summed E-state index contributed by atoms with van der Waals surface area (Å²) in [5, 5.41) is 8.66. The molecule has 4 rings (SSSR count). The van der Waals surface area contributed by atoms with Crippen LogP contribution in [0.25, 0.3) is 30.6 Å². The van der Waals surface area contributed by atoms with Gasteiger partial charge in [0.1, 0.15) is 0 Å². The highest BCUT2D eigenvalue weighted by molar-refractivity contribution is 9.10. The van der Waals surface area contributed by atoms with Crippen LogP contribution in [0.2, 0.25) is 0 Å². The summed E-state index contributed by atoms with van der Waals surface area (Å²) in [5.41, 5.74) is 2.69. The van der Waals surface area contributed by atoms with E-state index < -0.39 is 0 Å². The van der Waals surface area contributed by atoms with Crippen molar-refractivity contribution in [1.82, 2.24) is 0 Å². The summed E-state index contributed by atoms with van der Waals surface area (Å²) >= 11 is 10.9. The van der Waals surface area contributed by atoms with Crippen LogP contribution < -0.4 is 0 Å². The molecule has 0 N–H and O–H groups in total. The Hall–Kier alpha value is -0.720. The fraction of sp³-hybridized carbons (Fsp3) is 0. The zero-order valence-electron chi connectivity index (χ0n) is 10.7. The van der Waals surface area contributed by atoms with Crippen LogP contribution in [0.1, 0.15) is 0 Å². The van der Waals surface area contributed by atoms with E-state index in [2.05, 4.69) is 67.8 Å². The molecule has 0 aliphatic carbocycles. The van der Waals surface area contributed by atoms with Crippen molar-refractivity contribution in [3.8, 4) is 30.6 Å². The summed E-state index contributed by atoms with van der Waals surface area (Å²) in [6.45, 7) is 0. The first-order valence-corrected chi connectivity index (χ1v) is 10.6. The van der Waals surface area contributed by atoms with E-state index in [1.54, 1.807) is 22.7 Å². The highest BCUT2D eigenvalue weighted by Crippen LogP contribution is 2.47. The molecule has 0 saturated heterocycles. The third kappa shape index (κ3) is 2.47. The molecule has 5 heteroatoms. The van der Waals surface area contributed by atoms with E-state index in [0.29, 0.717) is 0 Å². The van der Waals surface area contributed by atoms with Gasteiger partial charge in [-0.25, -0.2) is 0 Å². The molecular formula is C16H9BrS4. The van der Waals surface area contributed by atoms with Crippen molar-refractivity contribution >= 4 is 61.3 Å². The normalized spacial score (nSPS) is 11.1. The van der Waals surface area contributed by atoms with E-state index in [9.17, 15) is 0 Å². The van der Waals surface area contributed by atoms with Crippen LogP contribution >= 0.6 is 61.3 Å². The molecule has 104 valence electrons. The first-order chi connectivity index (χ1) is 10.3. The van der Waals surface area contributed by atoms with Gasteiger partial charge in [0, 0.05) is 30.2 Å². The molecule has 0 spiro atoms. The van der Waals surface area contributed by atoms with Gasteiger partial charge in [-0.15, -0.1) is 45.3 Å². The molecule has 4 aromatic heterocycles. The van der Waals surface area contributed by atoms with Gasteiger partial charge < -0.3 is 0 Å². The van der Waals surface area contributed by atoms with E-state index >= 15 is 0 Å². The van der Waals surface area contributed by atoms with Crippen LogP contribution in [-0.2, 0) is 0 Å². The maximum atomic E-state index is 3.66. The predicted octanol–water partition coefficient (Wildman–Crippen LogP) is 7.70. The fourth-order valence-electron chi connectivity index (χ4n) is 2.27. The number of hydrogen-bond donors (Lipinski definition) is 0. The lowest BCUT2D eigenvalue weighted by molar-refractivity contribution is 1.79. The van der Waals surface area contributed by atoms with Gasteiger partial charge in [-0.1, -0.05) is 6.07 Å². The van der Waals surface area contributed by atoms with Gasteiger partial charge in [0.25, 0.3) is 0 Å². The summed E-state index contributed by atoms with van der Waals surface area (Å²) in [6, 6.07) is 10.9. The number of thiophene rings is 4. The molecule has 0 radical (unpaired) electrons.